The van der Waals surface area contributed by atoms with Crippen LogP contribution in [0.5, 0.6) is 0 Å². The number of rotatable bonds is 2. The van der Waals surface area contributed by atoms with Crippen molar-refractivity contribution in [2.75, 3.05) is 5.73 Å². The lowest BCUT2D eigenvalue weighted by Gasteiger charge is -2.28. The first-order valence-electron chi connectivity index (χ1n) is 5.50. The summed E-state index contributed by atoms with van der Waals surface area (Å²) < 4.78 is 15.6. The first-order chi connectivity index (χ1) is 7.75. The fraction of sp³-hybridized carbons (Fsp3) is 0.455. The first kappa shape index (κ1) is 9.57. The standard InChI is InChI=1S/C11H13FN4/c12-11(7-2-1-3-7)8-6-9(13)16-10(15-8)4-5-14-16/h4-7,11H,1-3,13H2. The van der Waals surface area contributed by atoms with Crippen LogP contribution in [0.15, 0.2) is 18.3 Å². The van der Waals surface area contributed by atoms with Gasteiger partial charge < -0.3 is 5.73 Å². The average Bonchev–Trinajstić information content (AvgIpc) is 2.63. The number of nitrogens with two attached hydrogens (primary N) is 1. The van der Waals surface area contributed by atoms with Crippen molar-refractivity contribution in [1.82, 2.24) is 14.6 Å². The highest BCUT2D eigenvalue weighted by molar-refractivity contribution is 5.46. The number of anilines is 1. The molecular formula is C11H13FN4. The van der Waals surface area contributed by atoms with E-state index in [2.05, 4.69) is 10.1 Å². The van der Waals surface area contributed by atoms with Crippen molar-refractivity contribution in [2.45, 2.75) is 25.4 Å². The minimum absolute atomic E-state index is 0.122. The largest absolute Gasteiger partial charge is 0.384 e. The summed E-state index contributed by atoms with van der Waals surface area (Å²) in [6, 6.07) is 3.32. The lowest BCUT2D eigenvalue weighted by atomic mass is 9.81. The molecule has 84 valence electrons. The zero-order chi connectivity index (χ0) is 11.1. The van der Waals surface area contributed by atoms with E-state index in [0.29, 0.717) is 17.2 Å². The Labute approximate surface area is 92.3 Å². The summed E-state index contributed by atoms with van der Waals surface area (Å²) in [6.07, 6.45) is 3.64. The highest BCUT2D eigenvalue weighted by atomic mass is 19.1. The maximum absolute atomic E-state index is 14.0. The van der Waals surface area contributed by atoms with Crippen LogP contribution in [-0.4, -0.2) is 14.6 Å². The number of nitrogen functional groups attached to an aromatic ring is 1. The molecule has 3 rings (SSSR count). The van der Waals surface area contributed by atoms with Crippen LogP contribution in [0, 0.1) is 5.92 Å². The van der Waals surface area contributed by atoms with Crippen molar-refractivity contribution in [2.24, 2.45) is 5.92 Å². The maximum atomic E-state index is 14.0. The molecule has 0 bridgehead atoms. The number of aromatic nitrogens is 3. The third-order valence-corrected chi connectivity index (χ3v) is 3.25. The lowest BCUT2D eigenvalue weighted by molar-refractivity contribution is 0.146. The minimum Gasteiger partial charge on any atom is -0.384 e. The van der Waals surface area contributed by atoms with E-state index in [1.807, 2.05) is 0 Å². The SMILES string of the molecule is Nc1cc(C(F)C2CCC2)nc2ccnn12. The van der Waals surface area contributed by atoms with Gasteiger partial charge in [0.15, 0.2) is 5.65 Å². The number of fused-ring (bicyclic) bond motifs is 1. The molecule has 1 unspecified atom stereocenters. The monoisotopic (exact) mass is 220 g/mol. The Morgan fingerprint density at radius 2 is 2.31 bits per heavy atom. The summed E-state index contributed by atoms with van der Waals surface area (Å²) in [5.41, 5.74) is 6.84. The number of hydrogen-bond donors (Lipinski definition) is 1. The number of nitrogens with zero attached hydrogens (tertiary/aromatic N) is 3. The number of hydrogen-bond acceptors (Lipinski definition) is 3. The molecule has 16 heavy (non-hydrogen) atoms. The summed E-state index contributed by atoms with van der Waals surface area (Å²) in [4.78, 5) is 4.24. The van der Waals surface area contributed by atoms with E-state index in [1.165, 1.54) is 4.52 Å². The van der Waals surface area contributed by atoms with Crippen molar-refractivity contribution >= 4 is 11.5 Å². The topological polar surface area (TPSA) is 56.2 Å². The van der Waals surface area contributed by atoms with Crippen LogP contribution in [-0.2, 0) is 0 Å². The third kappa shape index (κ3) is 1.35. The van der Waals surface area contributed by atoms with Crippen LogP contribution in [0.1, 0.15) is 31.1 Å². The van der Waals surface area contributed by atoms with E-state index in [1.54, 1.807) is 18.3 Å². The molecule has 0 saturated heterocycles. The van der Waals surface area contributed by atoms with E-state index < -0.39 is 6.17 Å². The van der Waals surface area contributed by atoms with Gasteiger partial charge in [0.25, 0.3) is 0 Å². The smallest absolute Gasteiger partial charge is 0.157 e. The Morgan fingerprint density at radius 3 is 3.00 bits per heavy atom. The zero-order valence-electron chi connectivity index (χ0n) is 8.81. The summed E-state index contributed by atoms with van der Waals surface area (Å²) in [7, 11) is 0. The van der Waals surface area contributed by atoms with E-state index >= 15 is 0 Å². The molecule has 5 heteroatoms. The van der Waals surface area contributed by atoms with Crippen LogP contribution < -0.4 is 5.73 Å². The summed E-state index contributed by atoms with van der Waals surface area (Å²) in [6.45, 7) is 0. The molecule has 1 fully saturated rings. The fourth-order valence-corrected chi connectivity index (χ4v) is 2.07. The Kier molecular flexibility index (Phi) is 2.05. The second kappa shape index (κ2) is 3.43. The quantitative estimate of drug-likeness (QED) is 0.843. The fourth-order valence-electron chi connectivity index (χ4n) is 2.07. The first-order valence-corrected chi connectivity index (χ1v) is 5.50. The molecule has 2 aromatic rings. The summed E-state index contributed by atoms with van der Waals surface area (Å²) in [5, 5.41) is 4.00. The van der Waals surface area contributed by atoms with E-state index in [0.717, 1.165) is 19.3 Å². The molecule has 0 amide bonds. The van der Waals surface area contributed by atoms with Gasteiger partial charge in [0.2, 0.25) is 0 Å². The van der Waals surface area contributed by atoms with Gasteiger partial charge in [0, 0.05) is 12.1 Å². The highest BCUT2D eigenvalue weighted by Crippen LogP contribution is 2.39. The molecule has 1 atom stereocenters. The van der Waals surface area contributed by atoms with Gasteiger partial charge in [-0.1, -0.05) is 6.42 Å². The molecule has 0 aromatic carbocycles. The summed E-state index contributed by atoms with van der Waals surface area (Å²) in [5.74, 6) is 0.559. The van der Waals surface area contributed by atoms with Crippen LogP contribution in [0.4, 0.5) is 10.2 Å². The van der Waals surface area contributed by atoms with Gasteiger partial charge in [-0.3, -0.25) is 0 Å². The third-order valence-electron chi connectivity index (χ3n) is 3.25. The molecule has 1 saturated carbocycles. The summed E-state index contributed by atoms with van der Waals surface area (Å²) >= 11 is 0. The van der Waals surface area contributed by atoms with Crippen molar-refractivity contribution in [3.8, 4) is 0 Å². The Balaban J connectivity index is 2.02. The second-order valence-electron chi connectivity index (χ2n) is 4.30. The van der Waals surface area contributed by atoms with E-state index in [9.17, 15) is 4.39 Å². The molecule has 0 radical (unpaired) electrons. The number of halogens is 1. The van der Waals surface area contributed by atoms with Crippen molar-refractivity contribution in [3.63, 3.8) is 0 Å². The van der Waals surface area contributed by atoms with E-state index in [-0.39, 0.29) is 5.92 Å². The molecule has 1 aliphatic carbocycles. The average molecular weight is 220 g/mol. The number of alkyl halides is 1. The van der Waals surface area contributed by atoms with Gasteiger partial charge in [-0.2, -0.15) is 9.61 Å². The van der Waals surface area contributed by atoms with Gasteiger partial charge in [0.05, 0.1) is 11.9 Å². The minimum atomic E-state index is -0.990. The van der Waals surface area contributed by atoms with Crippen LogP contribution in [0.25, 0.3) is 5.65 Å². The van der Waals surface area contributed by atoms with Gasteiger partial charge in [-0.05, 0) is 18.8 Å². The Morgan fingerprint density at radius 1 is 1.50 bits per heavy atom. The normalized spacial score (nSPS) is 18.6. The Hall–Kier alpha value is -1.65. The van der Waals surface area contributed by atoms with Crippen LogP contribution >= 0.6 is 0 Å². The molecule has 1 aliphatic rings. The van der Waals surface area contributed by atoms with Crippen molar-refractivity contribution in [3.05, 3.63) is 24.0 Å². The van der Waals surface area contributed by atoms with Crippen LogP contribution in [0.3, 0.4) is 0 Å². The van der Waals surface area contributed by atoms with Gasteiger partial charge in [0.1, 0.15) is 12.0 Å². The molecule has 2 aromatic heterocycles. The molecule has 2 N–H and O–H groups in total. The van der Waals surface area contributed by atoms with Gasteiger partial charge in [-0.15, -0.1) is 0 Å². The maximum Gasteiger partial charge on any atom is 0.157 e. The van der Waals surface area contributed by atoms with Gasteiger partial charge >= 0.3 is 0 Å². The molecule has 0 aliphatic heterocycles. The van der Waals surface area contributed by atoms with Crippen LogP contribution in [0.2, 0.25) is 0 Å². The van der Waals surface area contributed by atoms with Crippen molar-refractivity contribution < 1.29 is 4.39 Å². The Bertz CT molecular complexity index is 518. The van der Waals surface area contributed by atoms with Gasteiger partial charge in [-0.25, -0.2) is 9.37 Å². The highest BCUT2D eigenvalue weighted by Gasteiger charge is 2.29. The predicted octanol–water partition coefficient (Wildman–Crippen LogP) is 2.12. The second-order valence-corrected chi connectivity index (χ2v) is 4.30. The molecular weight excluding hydrogens is 207 g/mol. The predicted molar refractivity (Wildman–Crippen MR) is 58.6 cm³/mol. The lowest BCUT2D eigenvalue weighted by Crippen LogP contribution is -2.18. The van der Waals surface area contributed by atoms with Crippen molar-refractivity contribution in [1.29, 1.82) is 0 Å². The molecule has 2 heterocycles. The zero-order valence-corrected chi connectivity index (χ0v) is 8.81. The molecule has 4 nitrogen and oxygen atoms in total. The molecule has 0 spiro atoms. The van der Waals surface area contributed by atoms with E-state index in [4.69, 9.17) is 5.73 Å².